The number of hydrogen-bond donors (Lipinski definition) is 2. The van der Waals surface area contributed by atoms with Crippen molar-refractivity contribution in [1.82, 2.24) is 0 Å². The van der Waals surface area contributed by atoms with Gasteiger partial charge in [0.2, 0.25) is 5.91 Å². The lowest BCUT2D eigenvalue weighted by Crippen LogP contribution is -2.29. The second-order valence-corrected chi connectivity index (χ2v) is 7.54. The first-order valence-electron chi connectivity index (χ1n) is 10.3. The largest absolute Gasteiger partial charge is 0.507 e. The summed E-state index contributed by atoms with van der Waals surface area (Å²) in [5, 5.41) is 13.7. The molecule has 1 saturated heterocycles. The van der Waals surface area contributed by atoms with Crippen LogP contribution in [-0.4, -0.2) is 29.8 Å². The predicted molar refractivity (Wildman–Crippen MR) is 125 cm³/mol. The number of ether oxygens (including phenoxy) is 1. The van der Waals surface area contributed by atoms with E-state index in [0.717, 1.165) is 0 Å². The molecule has 1 atom stereocenters. The normalized spacial score (nSPS) is 17.2. The molecule has 0 aliphatic carbocycles. The molecule has 1 fully saturated rings. The molecule has 4 rings (SSSR count). The number of hydrogen-bond acceptors (Lipinski definition) is 5. The minimum Gasteiger partial charge on any atom is -0.507 e. The van der Waals surface area contributed by atoms with E-state index in [4.69, 9.17) is 4.74 Å². The molecule has 0 spiro atoms. The zero-order valence-electron chi connectivity index (χ0n) is 18.1. The first-order chi connectivity index (χ1) is 15.9. The van der Waals surface area contributed by atoms with Crippen LogP contribution in [0.25, 0.3) is 5.76 Å². The van der Waals surface area contributed by atoms with Crippen molar-refractivity contribution < 1.29 is 24.2 Å². The van der Waals surface area contributed by atoms with Gasteiger partial charge in [-0.15, -0.1) is 0 Å². The quantitative estimate of drug-likeness (QED) is 0.349. The zero-order chi connectivity index (χ0) is 23.5. The van der Waals surface area contributed by atoms with Crippen LogP contribution in [0, 0.1) is 0 Å². The molecule has 2 N–H and O–H groups in total. The molecular formula is C26H22N2O5. The van der Waals surface area contributed by atoms with Gasteiger partial charge in [-0.1, -0.05) is 42.5 Å². The summed E-state index contributed by atoms with van der Waals surface area (Å²) in [7, 11) is 1.55. The number of aliphatic hydroxyl groups is 1. The van der Waals surface area contributed by atoms with Crippen LogP contribution in [0.1, 0.15) is 24.1 Å². The van der Waals surface area contributed by atoms with Gasteiger partial charge >= 0.3 is 0 Å². The molecule has 1 heterocycles. The van der Waals surface area contributed by atoms with E-state index < -0.39 is 17.7 Å². The Labute approximate surface area is 190 Å². The summed E-state index contributed by atoms with van der Waals surface area (Å²) in [5.74, 6) is -1.36. The molecule has 7 nitrogen and oxygen atoms in total. The van der Waals surface area contributed by atoms with Crippen molar-refractivity contribution >= 4 is 34.7 Å². The molecule has 1 aliphatic heterocycles. The maximum Gasteiger partial charge on any atom is 0.300 e. The molecule has 3 aromatic carbocycles. The van der Waals surface area contributed by atoms with Gasteiger partial charge < -0.3 is 15.2 Å². The van der Waals surface area contributed by atoms with Crippen LogP contribution < -0.4 is 15.0 Å². The third-order valence-corrected chi connectivity index (χ3v) is 5.39. The molecule has 1 aliphatic rings. The SMILES string of the molecule is COc1ccc([C@H]2/C(=C(\O)c3ccccc3)C(=O)C(=O)N2c2ccc(NC(C)=O)cc2)cc1. The van der Waals surface area contributed by atoms with E-state index in [1.54, 1.807) is 86.0 Å². The number of rotatable bonds is 5. The summed E-state index contributed by atoms with van der Waals surface area (Å²) in [6.07, 6.45) is 0. The van der Waals surface area contributed by atoms with Crippen LogP contribution in [0.3, 0.4) is 0 Å². The van der Waals surface area contributed by atoms with E-state index in [2.05, 4.69) is 5.32 Å². The second-order valence-electron chi connectivity index (χ2n) is 7.54. The van der Waals surface area contributed by atoms with E-state index in [9.17, 15) is 19.5 Å². The number of anilines is 2. The van der Waals surface area contributed by atoms with Gasteiger partial charge in [-0.25, -0.2) is 0 Å². The van der Waals surface area contributed by atoms with Crippen molar-refractivity contribution in [3.63, 3.8) is 0 Å². The lowest BCUT2D eigenvalue weighted by molar-refractivity contribution is -0.132. The molecule has 33 heavy (non-hydrogen) atoms. The van der Waals surface area contributed by atoms with Crippen LogP contribution in [0.15, 0.2) is 84.4 Å². The number of ketones is 1. The highest BCUT2D eigenvalue weighted by Crippen LogP contribution is 2.42. The molecule has 7 heteroatoms. The monoisotopic (exact) mass is 442 g/mol. The molecule has 0 radical (unpaired) electrons. The van der Waals surface area contributed by atoms with Gasteiger partial charge in [0, 0.05) is 23.9 Å². The van der Waals surface area contributed by atoms with Gasteiger partial charge in [0.05, 0.1) is 18.7 Å². The number of nitrogens with zero attached hydrogens (tertiary/aromatic N) is 1. The van der Waals surface area contributed by atoms with Gasteiger partial charge in [0.25, 0.3) is 11.7 Å². The average molecular weight is 442 g/mol. The van der Waals surface area contributed by atoms with Crippen LogP contribution in [0.2, 0.25) is 0 Å². The van der Waals surface area contributed by atoms with Crippen LogP contribution in [-0.2, 0) is 14.4 Å². The summed E-state index contributed by atoms with van der Waals surface area (Å²) in [4.78, 5) is 39.0. The average Bonchev–Trinajstić information content (AvgIpc) is 3.10. The minimum absolute atomic E-state index is 0.00213. The smallest absolute Gasteiger partial charge is 0.300 e. The highest BCUT2D eigenvalue weighted by Gasteiger charge is 2.46. The Morgan fingerprint density at radius 2 is 1.58 bits per heavy atom. The molecule has 0 bridgehead atoms. The maximum absolute atomic E-state index is 13.2. The highest BCUT2D eigenvalue weighted by molar-refractivity contribution is 6.51. The van der Waals surface area contributed by atoms with E-state index >= 15 is 0 Å². The fourth-order valence-corrected chi connectivity index (χ4v) is 3.86. The lowest BCUT2D eigenvalue weighted by atomic mass is 9.95. The molecule has 2 amide bonds. The van der Waals surface area contributed by atoms with E-state index in [0.29, 0.717) is 28.3 Å². The number of amides is 2. The Kier molecular flexibility index (Phi) is 5.95. The number of carbonyl (C=O) groups is 3. The third kappa shape index (κ3) is 4.21. The Morgan fingerprint density at radius 1 is 0.939 bits per heavy atom. The van der Waals surface area contributed by atoms with Gasteiger partial charge in [0.15, 0.2) is 0 Å². The van der Waals surface area contributed by atoms with Gasteiger partial charge in [0.1, 0.15) is 11.5 Å². The zero-order valence-corrected chi connectivity index (χ0v) is 18.1. The first kappa shape index (κ1) is 21.8. The summed E-state index contributed by atoms with van der Waals surface area (Å²) in [5.41, 5.74) is 2.10. The van der Waals surface area contributed by atoms with E-state index in [1.807, 2.05) is 0 Å². The van der Waals surface area contributed by atoms with E-state index in [1.165, 1.54) is 11.8 Å². The van der Waals surface area contributed by atoms with Crippen molar-refractivity contribution in [2.75, 3.05) is 17.3 Å². The molecule has 0 saturated carbocycles. The molecular weight excluding hydrogens is 420 g/mol. The Bertz CT molecular complexity index is 1230. The Hall–Kier alpha value is -4.39. The Balaban J connectivity index is 1.86. The summed E-state index contributed by atoms with van der Waals surface area (Å²) < 4.78 is 5.23. The van der Waals surface area contributed by atoms with Crippen molar-refractivity contribution in [3.05, 3.63) is 95.6 Å². The molecule has 166 valence electrons. The third-order valence-electron chi connectivity index (χ3n) is 5.39. The fourth-order valence-electron chi connectivity index (χ4n) is 3.86. The summed E-state index contributed by atoms with van der Waals surface area (Å²) >= 11 is 0. The van der Waals surface area contributed by atoms with Crippen molar-refractivity contribution in [3.8, 4) is 5.75 Å². The van der Waals surface area contributed by atoms with Crippen LogP contribution in [0.4, 0.5) is 11.4 Å². The molecule has 0 aromatic heterocycles. The lowest BCUT2D eigenvalue weighted by Gasteiger charge is -2.25. The van der Waals surface area contributed by atoms with Gasteiger partial charge in [-0.2, -0.15) is 0 Å². The summed E-state index contributed by atoms with van der Waals surface area (Å²) in [6, 6.07) is 21.4. The van der Waals surface area contributed by atoms with Crippen molar-refractivity contribution in [2.24, 2.45) is 0 Å². The topological polar surface area (TPSA) is 95.9 Å². The van der Waals surface area contributed by atoms with Crippen LogP contribution in [0.5, 0.6) is 5.75 Å². The number of benzene rings is 3. The molecule has 0 unspecified atom stereocenters. The second kappa shape index (κ2) is 9.00. The number of nitrogens with one attached hydrogen (secondary N) is 1. The molecule has 3 aromatic rings. The minimum atomic E-state index is -0.845. The standard InChI is InChI=1S/C26H22N2O5/c1-16(29)27-19-10-12-20(13-11-19)28-23(17-8-14-21(33-2)15-9-17)22(25(31)26(28)32)24(30)18-6-4-3-5-7-18/h3-15,23,30H,1-2H3,(H,27,29)/b24-22+/t23-/m0/s1. The maximum atomic E-state index is 13.2. The number of aliphatic hydroxyl groups excluding tert-OH is 1. The Morgan fingerprint density at radius 3 is 2.15 bits per heavy atom. The van der Waals surface area contributed by atoms with Gasteiger partial charge in [-0.3, -0.25) is 19.3 Å². The predicted octanol–water partition coefficient (Wildman–Crippen LogP) is 4.28. The highest BCUT2D eigenvalue weighted by atomic mass is 16.5. The first-order valence-corrected chi connectivity index (χ1v) is 10.3. The van der Waals surface area contributed by atoms with Crippen LogP contribution >= 0.6 is 0 Å². The fraction of sp³-hybridized carbons (Fsp3) is 0.115. The van der Waals surface area contributed by atoms with Gasteiger partial charge in [-0.05, 0) is 42.0 Å². The van der Waals surface area contributed by atoms with Crippen molar-refractivity contribution in [2.45, 2.75) is 13.0 Å². The van der Waals surface area contributed by atoms with Crippen molar-refractivity contribution in [1.29, 1.82) is 0 Å². The number of carbonyl (C=O) groups excluding carboxylic acids is 3. The van der Waals surface area contributed by atoms with E-state index in [-0.39, 0.29) is 17.2 Å². The summed E-state index contributed by atoms with van der Waals surface area (Å²) in [6.45, 7) is 1.40. The number of methoxy groups -OCH3 is 1. The number of Topliss-reactive ketones (excluding diaryl/α,β-unsaturated/α-hetero) is 1.